The summed E-state index contributed by atoms with van der Waals surface area (Å²) in [5, 5.41) is 0. The fourth-order valence-electron chi connectivity index (χ4n) is 4.26. The van der Waals surface area contributed by atoms with E-state index in [9.17, 15) is 13.2 Å². The maximum absolute atomic E-state index is 12.9. The molecule has 148 valence electrons. The first-order chi connectivity index (χ1) is 13.4. The van der Waals surface area contributed by atoms with Crippen molar-refractivity contribution in [1.29, 1.82) is 0 Å². The first kappa shape index (κ1) is 19.0. The van der Waals surface area contributed by atoms with Crippen LogP contribution in [0.4, 0.5) is 11.4 Å². The summed E-state index contributed by atoms with van der Waals surface area (Å²) >= 11 is 0. The van der Waals surface area contributed by atoms with Gasteiger partial charge in [0, 0.05) is 18.2 Å². The van der Waals surface area contributed by atoms with Gasteiger partial charge >= 0.3 is 0 Å². The molecule has 0 aromatic heterocycles. The van der Waals surface area contributed by atoms with Crippen LogP contribution in [0, 0.1) is 12.8 Å². The molecule has 5 nitrogen and oxygen atoms in total. The smallest absolute Gasteiger partial charge is 0.236 e. The molecule has 28 heavy (non-hydrogen) atoms. The fourth-order valence-corrected chi connectivity index (χ4v) is 5.55. The number of rotatable bonds is 5. The van der Waals surface area contributed by atoms with Gasteiger partial charge in [0.25, 0.3) is 0 Å². The molecule has 2 aliphatic rings. The van der Waals surface area contributed by atoms with Gasteiger partial charge in [-0.1, -0.05) is 43.2 Å². The molecular weight excluding hydrogens is 372 g/mol. The van der Waals surface area contributed by atoms with Crippen LogP contribution in [0.15, 0.2) is 42.5 Å². The van der Waals surface area contributed by atoms with E-state index in [4.69, 9.17) is 0 Å². The van der Waals surface area contributed by atoms with Crippen molar-refractivity contribution >= 4 is 27.3 Å². The molecule has 2 aromatic rings. The molecule has 1 N–H and O–H groups in total. The monoisotopic (exact) mass is 398 g/mol. The number of aryl methyl sites for hydroxylation is 1. The molecule has 1 amide bonds. The lowest BCUT2D eigenvalue weighted by molar-refractivity contribution is -0.122. The average molecular weight is 399 g/mol. The minimum Gasteiger partial charge on any atom is -0.312 e. The Balaban J connectivity index is 1.53. The quantitative estimate of drug-likeness (QED) is 0.827. The highest BCUT2D eigenvalue weighted by Crippen LogP contribution is 2.35. The van der Waals surface area contributed by atoms with Gasteiger partial charge in [0.2, 0.25) is 15.9 Å². The Bertz CT molecular complexity index is 995. The summed E-state index contributed by atoms with van der Waals surface area (Å²) in [6.45, 7) is 2.59. The molecule has 1 fully saturated rings. The summed E-state index contributed by atoms with van der Waals surface area (Å²) in [6, 6.07) is 13.0. The van der Waals surface area contributed by atoms with Crippen LogP contribution in [0.25, 0.3) is 0 Å². The Hall–Kier alpha value is -2.34. The van der Waals surface area contributed by atoms with E-state index in [1.165, 1.54) is 0 Å². The zero-order chi connectivity index (χ0) is 19.7. The summed E-state index contributed by atoms with van der Waals surface area (Å²) in [5.41, 5.74) is 4.21. The van der Waals surface area contributed by atoms with Crippen LogP contribution in [0.2, 0.25) is 0 Å². The van der Waals surface area contributed by atoms with E-state index >= 15 is 0 Å². The van der Waals surface area contributed by atoms with Crippen molar-refractivity contribution in [1.82, 2.24) is 0 Å². The minimum absolute atomic E-state index is 0.0680. The van der Waals surface area contributed by atoms with E-state index in [-0.39, 0.29) is 17.6 Å². The summed E-state index contributed by atoms with van der Waals surface area (Å²) in [7, 11) is -3.53. The maximum Gasteiger partial charge on any atom is 0.236 e. The zero-order valence-corrected chi connectivity index (χ0v) is 17.0. The van der Waals surface area contributed by atoms with Crippen molar-refractivity contribution in [3.05, 3.63) is 59.2 Å². The van der Waals surface area contributed by atoms with Gasteiger partial charge in [-0.05, 0) is 55.0 Å². The second-order valence-electron chi connectivity index (χ2n) is 7.85. The largest absolute Gasteiger partial charge is 0.312 e. The van der Waals surface area contributed by atoms with E-state index in [0.29, 0.717) is 12.2 Å². The Morgan fingerprint density at radius 3 is 2.64 bits per heavy atom. The third-order valence-electron chi connectivity index (χ3n) is 5.83. The summed E-state index contributed by atoms with van der Waals surface area (Å²) in [5.74, 6) is 0.241. The number of hydrogen-bond acceptors (Lipinski definition) is 3. The number of carbonyl (C=O) groups is 1. The molecule has 0 spiro atoms. The molecule has 0 radical (unpaired) electrons. The number of hydrogen-bond donors (Lipinski definition) is 1. The number of amides is 1. The molecule has 0 unspecified atom stereocenters. The molecule has 1 saturated carbocycles. The Morgan fingerprint density at radius 2 is 1.89 bits per heavy atom. The van der Waals surface area contributed by atoms with Gasteiger partial charge in [-0.15, -0.1) is 0 Å². The predicted octanol–water partition coefficient (Wildman–Crippen LogP) is 4.02. The minimum atomic E-state index is -3.53. The molecule has 1 aliphatic heterocycles. The van der Waals surface area contributed by atoms with E-state index in [2.05, 4.69) is 4.72 Å². The highest BCUT2D eigenvalue weighted by molar-refractivity contribution is 7.91. The summed E-state index contributed by atoms with van der Waals surface area (Å²) < 4.78 is 28.0. The van der Waals surface area contributed by atoms with Crippen molar-refractivity contribution in [2.24, 2.45) is 5.92 Å². The van der Waals surface area contributed by atoms with Crippen LogP contribution in [0.1, 0.15) is 42.4 Å². The number of anilines is 2. The van der Waals surface area contributed by atoms with Crippen LogP contribution in [-0.2, 0) is 27.0 Å². The van der Waals surface area contributed by atoms with Crippen molar-refractivity contribution in [2.45, 2.75) is 44.8 Å². The first-order valence-corrected chi connectivity index (χ1v) is 11.6. The predicted molar refractivity (Wildman–Crippen MR) is 112 cm³/mol. The Morgan fingerprint density at radius 1 is 1.14 bits per heavy atom. The summed E-state index contributed by atoms with van der Waals surface area (Å²) in [6.07, 6.45) is 5.00. The lowest BCUT2D eigenvalue weighted by Crippen LogP contribution is -2.33. The van der Waals surface area contributed by atoms with E-state index < -0.39 is 10.0 Å². The van der Waals surface area contributed by atoms with Crippen molar-refractivity contribution < 1.29 is 13.2 Å². The molecule has 2 aromatic carbocycles. The van der Waals surface area contributed by atoms with Crippen LogP contribution in [-0.4, -0.2) is 20.9 Å². The SMILES string of the molecule is Cc1ccccc1CS(=O)(=O)Nc1ccc2c(c1)N(C(=O)C1CCCC1)CC2. The van der Waals surface area contributed by atoms with Crippen LogP contribution < -0.4 is 9.62 Å². The zero-order valence-electron chi connectivity index (χ0n) is 16.1. The lowest BCUT2D eigenvalue weighted by Gasteiger charge is -2.22. The fraction of sp³-hybridized carbons (Fsp3) is 0.409. The molecule has 4 rings (SSSR count). The second kappa shape index (κ2) is 7.59. The first-order valence-electron chi connectivity index (χ1n) is 9.92. The molecule has 1 heterocycles. The van der Waals surface area contributed by atoms with Gasteiger partial charge < -0.3 is 4.90 Å². The van der Waals surface area contributed by atoms with Crippen molar-refractivity contribution in [3.8, 4) is 0 Å². The van der Waals surface area contributed by atoms with E-state index in [1.54, 1.807) is 6.07 Å². The Kier molecular flexibility index (Phi) is 5.15. The molecular formula is C22H26N2O3S. The van der Waals surface area contributed by atoms with Gasteiger partial charge in [-0.2, -0.15) is 0 Å². The number of fused-ring (bicyclic) bond motifs is 1. The number of nitrogens with one attached hydrogen (secondary N) is 1. The van der Waals surface area contributed by atoms with Crippen molar-refractivity contribution in [3.63, 3.8) is 0 Å². The van der Waals surface area contributed by atoms with Crippen molar-refractivity contribution in [2.75, 3.05) is 16.2 Å². The number of nitrogens with zero attached hydrogens (tertiary/aromatic N) is 1. The number of carbonyl (C=O) groups excluding carboxylic acids is 1. The topological polar surface area (TPSA) is 66.5 Å². The standard InChI is InChI=1S/C22H26N2O3S/c1-16-6-2-3-9-19(16)15-28(26,27)23-20-11-10-17-12-13-24(21(17)14-20)22(25)18-7-4-5-8-18/h2-3,6,9-11,14,18,23H,4-5,7-8,12-13,15H2,1H3. The Labute approximate surface area is 166 Å². The average Bonchev–Trinajstić information content (AvgIpc) is 3.32. The normalized spacial score (nSPS) is 17.0. The van der Waals surface area contributed by atoms with Gasteiger partial charge in [0.05, 0.1) is 11.4 Å². The van der Waals surface area contributed by atoms with Crippen LogP contribution in [0.3, 0.4) is 0 Å². The molecule has 0 saturated heterocycles. The van der Waals surface area contributed by atoms with Gasteiger partial charge in [-0.3, -0.25) is 9.52 Å². The summed E-state index contributed by atoms with van der Waals surface area (Å²) in [4.78, 5) is 14.7. The second-order valence-corrected chi connectivity index (χ2v) is 9.57. The van der Waals surface area contributed by atoms with Crippen LogP contribution in [0.5, 0.6) is 0 Å². The van der Waals surface area contributed by atoms with Crippen LogP contribution >= 0.6 is 0 Å². The highest BCUT2D eigenvalue weighted by atomic mass is 32.2. The van der Waals surface area contributed by atoms with E-state index in [1.807, 2.05) is 48.2 Å². The molecule has 0 bridgehead atoms. The highest BCUT2D eigenvalue weighted by Gasteiger charge is 2.32. The van der Waals surface area contributed by atoms with Gasteiger partial charge in [-0.25, -0.2) is 8.42 Å². The molecule has 6 heteroatoms. The molecule has 0 atom stereocenters. The van der Waals surface area contributed by atoms with Gasteiger partial charge in [0.1, 0.15) is 0 Å². The maximum atomic E-state index is 12.9. The van der Waals surface area contributed by atoms with E-state index in [0.717, 1.165) is 54.5 Å². The molecule has 1 aliphatic carbocycles. The third kappa shape index (κ3) is 3.92. The number of sulfonamides is 1. The van der Waals surface area contributed by atoms with Gasteiger partial charge in [0.15, 0.2) is 0 Å². The third-order valence-corrected chi connectivity index (χ3v) is 7.07. The number of benzene rings is 2. The lowest BCUT2D eigenvalue weighted by atomic mass is 10.1.